The molecule has 20 heavy (non-hydrogen) atoms. The Morgan fingerprint density at radius 3 is 2.60 bits per heavy atom. The number of nitro benzene ring substituents is 1. The quantitative estimate of drug-likeness (QED) is 0.690. The number of rotatable bonds is 3. The van der Waals surface area contributed by atoms with Gasteiger partial charge in [0.1, 0.15) is 0 Å². The lowest BCUT2D eigenvalue weighted by Crippen LogP contribution is -2.12. The second-order valence-electron chi connectivity index (χ2n) is 4.19. The van der Waals surface area contributed by atoms with Crippen molar-refractivity contribution in [2.45, 2.75) is 6.92 Å². The summed E-state index contributed by atoms with van der Waals surface area (Å²) < 4.78 is 0. The zero-order chi connectivity index (χ0) is 14.7. The number of benzene rings is 2. The van der Waals surface area contributed by atoms with Crippen LogP contribution in [0.15, 0.2) is 42.5 Å². The lowest BCUT2D eigenvalue weighted by molar-refractivity contribution is -0.385. The smallest absolute Gasteiger partial charge is 0.274 e. The molecule has 0 aliphatic carbocycles. The SMILES string of the molecule is Cc1ccc(NC(=O)c2ccccc2Cl)cc1[N+](=O)[O-]. The van der Waals surface area contributed by atoms with Crippen molar-refractivity contribution in [3.63, 3.8) is 0 Å². The molecule has 6 heteroatoms. The van der Waals surface area contributed by atoms with Gasteiger partial charge in [0, 0.05) is 17.3 Å². The molecule has 5 nitrogen and oxygen atoms in total. The van der Waals surface area contributed by atoms with Gasteiger partial charge in [0.05, 0.1) is 15.5 Å². The summed E-state index contributed by atoms with van der Waals surface area (Å²) in [7, 11) is 0. The van der Waals surface area contributed by atoms with Gasteiger partial charge in [0.2, 0.25) is 0 Å². The van der Waals surface area contributed by atoms with Crippen molar-refractivity contribution >= 4 is 28.9 Å². The normalized spacial score (nSPS) is 10.1. The molecule has 0 saturated carbocycles. The summed E-state index contributed by atoms with van der Waals surface area (Å²) in [6.07, 6.45) is 0. The number of amides is 1. The number of nitrogens with one attached hydrogen (secondary N) is 1. The summed E-state index contributed by atoms with van der Waals surface area (Å²) in [6, 6.07) is 11.1. The first-order valence-electron chi connectivity index (χ1n) is 5.80. The minimum absolute atomic E-state index is 0.0399. The first kappa shape index (κ1) is 14.0. The van der Waals surface area contributed by atoms with Gasteiger partial charge in [0.15, 0.2) is 0 Å². The fourth-order valence-corrected chi connectivity index (χ4v) is 1.95. The second-order valence-corrected chi connectivity index (χ2v) is 4.60. The zero-order valence-electron chi connectivity index (χ0n) is 10.6. The molecule has 0 aliphatic heterocycles. The van der Waals surface area contributed by atoms with Crippen LogP contribution in [0.25, 0.3) is 0 Å². The van der Waals surface area contributed by atoms with Gasteiger partial charge < -0.3 is 5.32 Å². The molecule has 2 rings (SSSR count). The average Bonchev–Trinajstić information content (AvgIpc) is 2.41. The molecule has 0 heterocycles. The van der Waals surface area contributed by atoms with Crippen molar-refractivity contribution in [2.75, 3.05) is 5.32 Å². The molecular formula is C14H11ClN2O3. The summed E-state index contributed by atoms with van der Waals surface area (Å²) in [5.41, 5.74) is 1.16. The Labute approximate surface area is 120 Å². The highest BCUT2D eigenvalue weighted by Gasteiger charge is 2.14. The second kappa shape index (κ2) is 5.71. The molecule has 102 valence electrons. The van der Waals surface area contributed by atoms with Gasteiger partial charge in [-0.25, -0.2) is 0 Å². The first-order chi connectivity index (χ1) is 9.49. The Morgan fingerprint density at radius 2 is 1.95 bits per heavy atom. The third-order valence-electron chi connectivity index (χ3n) is 2.78. The van der Waals surface area contributed by atoms with Gasteiger partial charge in [-0.3, -0.25) is 14.9 Å². The first-order valence-corrected chi connectivity index (χ1v) is 6.18. The predicted octanol–water partition coefficient (Wildman–Crippen LogP) is 3.81. The van der Waals surface area contributed by atoms with Gasteiger partial charge in [-0.2, -0.15) is 0 Å². The van der Waals surface area contributed by atoms with E-state index in [-0.39, 0.29) is 5.69 Å². The van der Waals surface area contributed by atoms with E-state index in [4.69, 9.17) is 11.6 Å². The summed E-state index contributed by atoms with van der Waals surface area (Å²) >= 11 is 5.92. The number of nitro groups is 1. The summed E-state index contributed by atoms with van der Waals surface area (Å²) in [5, 5.41) is 13.8. The van der Waals surface area contributed by atoms with E-state index in [9.17, 15) is 14.9 Å². The number of carbonyl (C=O) groups excluding carboxylic acids is 1. The molecule has 0 radical (unpaired) electrons. The third kappa shape index (κ3) is 2.95. The molecule has 2 aromatic carbocycles. The molecular weight excluding hydrogens is 280 g/mol. The molecule has 0 saturated heterocycles. The standard InChI is InChI=1S/C14H11ClN2O3/c1-9-6-7-10(8-13(9)17(19)20)16-14(18)11-4-2-3-5-12(11)15/h2-8H,1H3,(H,16,18). The molecule has 0 aromatic heterocycles. The van der Waals surface area contributed by atoms with Crippen LogP contribution in [0.3, 0.4) is 0 Å². The van der Waals surface area contributed by atoms with Gasteiger partial charge in [-0.05, 0) is 25.1 Å². The van der Waals surface area contributed by atoms with Crippen LogP contribution in [-0.2, 0) is 0 Å². The predicted molar refractivity (Wildman–Crippen MR) is 77.2 cm³/mol. The van der Waals surface area contributed by atoms with E-state index in [0.717, 1.165) is 0 Å². The van der Waals surface area contributed by atoms with Crippen molar-refractivity contribution in [3.05, 3.63) is 68.7 Å². The molecule has 1 N–H and O–H groups in total. The van der Waals surface area contributed by atoms with Crippen molar-refractivity contribution in [1.82, 2.24) is 0 Å². The van der Waals surface area contributed by atoms with E-state index < -0.39 is 10.8 Å². The van der Waals surface area contributed by atoms with Crippen LogP contribution in [0.4, 0.5) is 11.4 Å². The summed E-state index contributed by atoms with van der Waals surface area (Å²) in [6.45, 7) is 1.64. The Bertz CT molecular complexity index is 686. The number of hydrogen-bond donors (Lipinski definition) is 1. The maximum Gasteiger partial charge on any atom is 0.274 e. The number of hydrogen-bond acceptors (Lipinski definition) is 3. The van der Waals surface area contributed by atoms with Crippen LogP contribution in [0, 0.1) is 17.0 Å². The van der Waals surface area contributed by atoms with Gasteiger partial charge in [0.25, 0.3) is 11.6 Å². The van der Waals surface area contributed by atoms with Crippen LogP contribution in [0.5, 0.6) is 0 Å². The van der Waals surface area contributed by atoms with Crippen molar-refractivity contribution in [3.8, 4) is 0 Å². The largest absolute Gasteiger partial charge is 0.322 e. The van der Waals surface area contributed by atoms with Crippen LogP contribution in [-0.4, -0.2) is 10.8 Å². The molecule has 0 spiro atoms. The molecule has 0 unspecified atom stereocenters. The Kier molecular flexibility index (Phi) is 4.00. The van der Waals surface area contributed by atoms with Crippen LogP contribution >= 0.6 is 11.6 Å². The average molecular weight is 291 g/mol. The molecule has 1 amide bonds. The Hall–Kier alpha value is -2.40. The van der Waals surface area contributed by atoms with E-state index in [2.05, 4.69) is 5.32 Å². The maximum absolute atomic E-state index is 12.0. The minimum Gasteiger partial charge on any atom is -0.322 e. The molecule has 0 bridgehead atoms. The van der Waals surface area contributed by atoms with Crippen molar-refractivity contribution < 1.29 is 9.72 Å². The molecule has 0 fully saturated rings. The van der Waals surface area contributed by atoms with E-state index in [0.29, 0.717) is 21.8 Å². The lowest BCUT2D eigenvalue weighted by Gasteiger charge is -2.07. The third-order valence-corrected chi connectivity index (χ3v) is 3.11. The van der Waals surface area contributed by atoms with Gasteiger partial charge in [-0.1, -0.05) is 29.8 Å². The fraction of sp³-hybridized carbons (Fsp3) is 0.0714. The van der Waals surface area contributed by atoms with E-state index in [1.807, 2.05) is 0 Å². The van der Waals surface area contributed by atoms with Crippen molar-refractivity contribution in [1.29, 1.82) is 0 Å². The summed E-state index contributed by atoms with van der Waals surface area (Å²) in [4.78, 5) is 22.4. The number of anilines is 1. The van der Waals surface area contributed by atoms with E-state index in [1.54, 1.807) is 43.3 Å². The van der Waals surface area contributed by atoms with E-state index in [1.165, 1.54) is 6.07 Å². The maximum atomic E-state index is 12.0. The monoisotopic (exact) mass is 290 g/mol. The molecule has 2 aromatic rings. The highest BCUT2D eigenvalue weighted by atomic mass is 35.5. The highest BCUT2D eigenvalue weighted by molar-refractivity contribution is 6.34. The molecule has 0 aliphatic rings. The van der Waals surface area contributed by atoms with E-state index >= 15 is 0 Å². The van der Waals surface area contributed by atoms with Crippen molar-refractivity contribution in [2.24, 2.45) is 0 Å². The fourth-order valence-electron chi connectivity index (χ4n) is 1.73. The number of halogens is 1. The number of aryl methyl sites for hydroxylation is 1. The lowest BCUT2D eigenvalue weighted by atomic mass is 10.1. The summed E-state index contributed by atoms with van der Waals surface area (Å²) in [5.74, 6) is -0.409. The van der Waals surface area contributed by atoms with Gasteiger partial charge >= 0.3 is 0 Å². The Balaban J connectivity index is 2.27. The molecule has 0 atom stereocenters. The highest BCUT2D eigenvalue weighted by Crippen LogP contribution is 2.23. The van der Waals surface area contributed by atoms with Crippen LogP contribution in [0.2, 0.25) is 5.02 Å². The number of carbonyl (C=O) groups is 1. The number of nitrogens with zero attached hydrogens (tertiary/aromatic N) is 1. The Morgan fingerprint density at radius 1 is 1.25 bits per heavy atom. The van der Waals surface area contributed by atoms with Crippen LogP contribution < -0.4 is 5.32 Å². The zero-order valence-corrected chi connectivity index (χ0v) is 11.3. The van der Waals surface area contributed by atoms with Gasteiger partial charge in [-0.15, -0.1) is 0 Å². The van der Waals surface area contributed by atoms with Crippen LogP contribution in [0.1, 0.15) is 15.9 Å². The topological polar surface area (TPSA) is 72.2 Å². The minimum atomic E-state index is -0.486.